The first-order valence-electron chi connectivity index (χ1n) is 5.51. The van der Waals surface area contributed by atoms with Crippen LogP contribution in [0.25, 0.3) is 0 Å². The van der Waals surface area contributed by atoms with Crippen molar-refractivity contribution < 1.29 is 9.32 Å². The lowest BCUT2D eigenvalue weighted by atomic mass is 10.1. The molecule has 0 fully saturated rings. The number of Topliss-reactive ketones (excluding diaryl/α,β-unsaturated/α-hetero) is 1. The van der Waals surface area contributed by atoms with Crippen molar-refractivity contribution in [1.29, 1.82) is 0 Å². The predicted molar refractivity (Wildman–Crippen MR) is 64.4 cm³/mol. The normalized spacial score (nSPS) is 13.1. The molecule has 0 N–H and O–H groups in total. The predicted octanol–water partition coefficient (Wildman–Crippen LogP) is 2.79. The molecule has 0 amide bonds. The molecule has 0 radical (unpaired) electrons. The largest absolute Gasteiger partial charge is 0.339 e. The number of aromatic nitrogens is 2. The highest BCUT2D eigenvalue weighted by Gasteiger charge is 2.20. The SMILES string of the molecule is CCC(=O)C(C)c1nc(CSC(C)C)no1. The summed E-state index contributed by atoms with van der Waals surface area (Å²) in [7, 11) is 0. The highest BCUT2D eigenvalue weighted by molar-refractivity contribution is 7.99. The summed E-state index contributed by atoms with van der Waals surface area (Å²) < 4.78 is 5.09. The number of carbonyl (C=O) groups excluding carboxylic acids is 1. The van der Waals surface area contributed by atoms with Crippen molar-refractivity contribution in [3.63, 3.8) is 0 Å². The molecule has 0 aromatic carbocycles. The molecule has 1 rings (SSSR count). The summed E-state index contributed by atoms with van der Waals surface area (Å²) in [5.74, 6) is 1.69. The first-order valence-corrected chi connectivity index (χ1v) is 6.56. The maximum atomic E-state index is 11.5. The van der Waals surface area contributed by atoms with Gasteiger partial charge in [-0.2, -0.15) is 16.7 Å². The average Bonchev–Trinajstić information content (AvgIpc) is 2.72. The van der Waals surface area contributed by atoms with Gasteiger partial charge in [0, 0.05) is 6.42 Å². The molecule has 1 heterocycles. The molecule has 0 aliphatic rings. The molecule has 0 bridgehead atoms. The van der Waals surface area contributed by atoms with Crippen molar-refractivity contribution in [3.8, 4) is 0 Å². The smallest absolute Gasteiger partial charge is 0.236 e. The maximum absolute atomic E-state index is 11.5. The summed E-state index contributed by atoms with van der Waals surface area (Å²) in [6.07, 6.45) is 0.500. The number of thioether (sulfide) groups is 1. The van der Waals surface area contributed by atoms with Crippen molar-refractivity contribution in [2.24, 2.45) is 0 Å². The monoisotopic (exact) mass is 242 g/mol. The first-order chi connectivity index (χ1) is 7.54. The van der Waals surface area contributed by atoms with Gasteiger partial charge in [0.1, 0.15) is 5.78 Å². The first kappa shape index (κ1) is 13.2. The zero-order chi connectivity index (χ0) is 12.1. The molecule has 1 unspecified atom stereocenters. The fourth-order valence-corrected chi connectivity index (χ4v) is 1.79. The van der Waals surface area contributed by atoms with Crippen LogP contribution in [-0.2, 0) is 10.5 Å². The van der Waals surface area contributed by atoms with E-state index in [1.54, 1.807) is 18.7 Å². The van der Waals surface area contributed by atoms with E-state index in [-0.39, 0.29) is 11.7 Å². The lowest BCUT2D eigenvalue weighted by molar-refractivity contribution is -0.120. The lowest BCUT2D eigenvalue weighted by Gasteiger charge is -2.01. The van der Waals surface area contributed by atoms with Crippen LogP contribution in [0, 0.1) is 0 Å². The third-order valence-electron chi connectivity index (χ3n) is 2.23. The second kappa shape index (κ2) is 6.03. The molecule has 90 valence electrons. The minimum atomic E-state index is -0.282. The molecular weight excluding hydrogens is 224 g/mol. The summed E-state index contributed by atoms with van der Waals surface area (Å²) in [5, 5.41) is 4.41. The standard InChI is InChI=1S/C11H18N2O2S/c1-5-9(14)8(4)11-12-10(13-15-11)6-16-7(2)3/h7-8H,5-6H2,1-4H3. The number of rotatable bonds is 6. The fourth-order valence-electron chi connectivity index (χ4n) is 1.19. The van der Waals surface area contributed by atoms with Crippen LogP contribution in [0.3, 0.4) is 0 Å². The van der Waals surface area contributed by atoms with Crippen LogP contribution >= 0.6 is 11.8 Å². The lowest BCUT2D eigenvalue weighted by Crippen LogP contribution is -2.07. The second-order valence-electron chi connectivity index (χ2n) is 3.95. The van der Waals surface area contributed by atoms with Crippen LogP contribution < -0.4 is 0 Å². The molecule has 5 heteroatoms. The quantitative estimate of drug-likeness (QED) is 0.767. The van der Waals surface area contributed by atoms with Crippen LogP contribution in [-0.4, -0.2) is 21.2 Å². The topological polar surface area (TPSA) is 56.0 Å². The van der Waals surface area contributed by atoms with Gasteiger partial charge in [0.05, 0.1) is 11.7 Å². The van der Waals surface area contributed by atoms with Gasteiger partial charge in [-0.25, -0.2) is 0 Å². The van der Waals surface area contributed by atoms with E-state index < -0.39 is 0 Å². The zero-order valence-electron chi connectivity index (χ0n) is 10.2. The highest BCUT2D eigenvalue weighted by atomic mass is 32.2. The van der Waals surface area contributed by atoms with Crippen molar-refractivity contribution in [2.75, 3.05) is 0 Å². The Balaban J connectivity index is 2.60. The zero-order valence-corrected chi connectivity index (χ0v) is 11.0. The Morgan fingerprint density at radius 3 is 2.69 bits per heavy atom. The number of ketones is 1. The van der Waals surface area contributed by atoms with Gasteiger partial charge in [-0.3, -0.25) is 4.79 Å². The average molecular weight is 242 g/mol. The van der Waals surface area contributed by atoms with Crippen molar-refractivity contribution >= 4 is 17.5 Å². The molecule has 1 aromatic heterocycles. The van der Waals surface area contributed by atoms with E-state index in [0.29, 0.717) is 23.4 Å². The van der Waals surface area contributed by atoms with Crippen molar-refractivity contribution in [2.45, 2.75) is 51.0 Å². The summed E-state index contributed by atoms with van der Waals surface area (Å²) in [4.78, 5) is 15.7. The molecule has 0 aliphatic heterocycles. The van der Waals surface area contributed by atoms with E-state index in [9.17, 15) is 4.79 Å². The van der Waals surface area contributed by atoms with Crippen LogP contribution in [0.5, 0.6) is 0 Å². The van der Waals surface area contributed by atoms with Gasteiger partial charge in [0.2, 0.25) is 5.89 Å². The Bertz CT molecular complexity index is 350. The van der Waals surface area contributed by atoms with E-state index in [4.69, 9.17) is 4.52 Å². The van der Waals surface area contributed by atoms with Gasteiger partial charge in [-0.15, -0.1) is 0 Å². The fraction of sp³-hybridized carbons (Fsp3) is 0.727. The summed E-state index contributed by atoms with van der Waals surface area (Å²) in [6.45, 7) is 7.88. The molecule has 4 nitrogen and oxygen atoms in total. The Labute approximate surface area is 100 Å². The van der Waals surface area contributed by atoms with E-state index in [0.717, 1.165) is 5.75 Å². The van der Waals surface area contributed by atoms with Gasteiger partial charge in [-0.05, 0) is 12.2 Å². The molecule has 0 saturated carbocycles. The van der Waals surface area contributed by atoms with Crippen molar-refractivity contribution in [3.05, 3.63) is 11.7 Å². The van der Waals surface area contributed by atoms with Gasteiger partial charge < -0.3 is 4.52 Å². The molecule has 0 spiro atoms. The van der Waals surface area contributed by atoms with E-state index in [1.165, 1.54) is 0 Å². The third-order valence-corrected chi connectivity index (χ3v) is 3.32. The maximum Gasteiger partial charge on any atom is 0.236 e. The summed E-state index contributed by atoms with van der Waals surface area (Å²) in [6, 6.07) is 0. The van der Waals surface area contributed by atoms with Crippen molar-refractivity contribution in [1.82, 2.24) is 10.1 Å². The third kappa shape index (κ3) is 3.63. The Kier molecular flexibility index (Phi) is 4.99. The molecule has 0 saturated heterocycles. The summed E-state index contributed by atoms with van der Waals surface area (Å²) in [5.41, 5.74) is 0. The van der Waals surface area contributed by atoms with Gasteiger partial charge in [0.15, 0.2) is 5.82 Å². The number of carbonyl (C=O) groups is 1. The van der Waals surface area contributed by atoms with E-state index in [1.807, 2.05) is 6.92 Å². The minimum Gasteiger partial charge on any atom is -0.339 e. The minimum absolute atomic E-state index is 0.131. The Hall–Kier alpha value is -0.840. The molecular formula is C11H18N2O2S. The number of hydrogen-bond donors (Lipinski definition) is 0. The molecule has 16 heavy (non-hydrogen) atoms. The van der Waals surface area contributed by atoms with Gasteiger partial charge in [0.25, 0.3) is 0 Å². The van der Waals surface area contributed by atoms with Gasteiger partial charge in [-0.1, -0.05) is 25.9 Å². The van der Waals surface area contributed by atoms with E-state index in [2.05, 4.69) is 24.0 Å². The summed E-state index contributed by atoms with van der Waals surface area (Å²) >= 11 is 1.75. The number of hydrogen-bond acceptors (Lipinski definition) is 5. The van der Waals surface area contributed by atoms with Crippen LogP contribution in [0.4, 0.5) is 0 Å². The highest BCUT2D eigenvalue weighted by Crippen LogP contribution is 2.19. The van der Waals surface area contributed by atoms with Crippen LogP contribution in [0.1, 0.15) is 51.7 Å². The molecule has 0 aliphatic carbocycles. The van der Waals surface area contributed by atoms with Gasteiger partial charge >= 0.3 is 0 Å². The Morgan fingerprint density at radius 2 is 2.12 bits per heavy atom. The van der Waals surface area contributed by atoms with Crippen LogP contribution in [0.15, 0.2) is 4.52 Å². The van der Waals surface area contributed by atoms with E-state index >= 15 is 0 Å². The van der Waals surface area contributed by atoms with Crippen LogP contribution in [0.2, 0.25) is 0 Å². The second-order valence-corrected chi connectivity index (χ2v) is 5.51. The molecule has 1 atom stereocenters. The Morgan fingerprint density at radius 1 is 1.44 bits per heavy atom. The number of nitrogens with zero attached hydrogens (tertiary/aromatic N) is 2. The molecule has 1 aromatic rings.